The molecule has 1 aromatic carbocycles. The molecule has 0 aliphatic carbocycles. The maximum atomic E-state index is 5.84. The highest BCUT2D eigenvalue weighted by atomic mass is 32.1. The monoisotopic (exact) mass is 260 g/mol. The summed E-state index contributed by atoms with van der Waals surface area (Å²) in [5, 5.41) is 2.13. The number of aryl methyl sites for hydroxylation is 1. The van der Waals surface area contributed by atoms with E-state index in [0.29, 0.717) is 6.54 Å². The molecule has 96 valence electrons. The van der Waals surface area contributed by atoms with Crippen LogP contribution in [0.5, 0.6) is 0 Å². The number of rotatable bonds is 5. The quantitative estimate of drug-likeness (QED) is 0.891. The van der Waals surface area contributed by atoms with Crippen molar-refractivity contribution >= 4 is 17.0 Å². The summed E-state index contributed by atoms with van der Waals surface area (Å²) in [7, 11) is 0. The molecular weight excluding hydrogens is 240 g/mol. The largest absolute Gasteiger partial charge is 0.366 e. The molecule has 0 bridgehead atoms. The second-order valence-corrected chi connectivity index (χ2v) is 5.46. The number of benzene rings is 1. The van der Waals surface area contributed by atoms with Gasteiger partial charge in [-0.2, -0.15) is 0 Å². The smallest absolute Gasteiger partial charge is 0.0522 e. The molecule has 2 nitrogen and oxygen atoms in total. The lowest BCUT2D eigenvalue weighted by Crippen LogP contribution is -2.23. The summed E-state index contributed by atoms with van der Waals surface area (Å²) < 4.78 is 0. The van der Waals surface area contributed by atoms with Crippen molar-refractivity contribution < 1.29 is 0 Å². The highest BCUT2D eigenvalue weighted by Crippen LogP contribution is 2.24. The second-order valence-electron chi connectivity index (χ2n) is 4.43. The number of hydrogen-bond acceptors (Lipinski definition) is 3. The molecule has 0 fully saturated rings. The minimum atomic E-state index is 0.594. The minimum Gasteiger partial charge on any atom is -0.366 e. The molecule has 2 rings (SSSR count). The van der Waals surface area contributed by atoms with Gasteiger partial charge >= 0.3 is 0 Å². The lowest BCUT2D eigenvalue weighted by atomic mass is 10.1. The molecule has 0 unspecified atom stereocenters. The summed E-state index contributed by atoms with van der Waals surface area (Å²) in [6.45, 7) is 6.87. The summed E-state index contributed by atoms with van der Waals surface area (Å²) in [4.78, 5) is 3.78. The number of thiophene rings is 1. The van der Waals surface area contributed by atoms with E-state index in [2.05, 4.69) is 54.5 Å². The van der Waals surface area contributed by atoms with Gasteiger partial charge in [-0.1, -0.05) is 18.2 Å². The van der Waals surface area contributed by atoms with Crippen LogP contribution in [-0.4, -0.2) is 6.54 Å². The van der Waals surface area contributed by atoms with Crippen molar-refractivity contribution in [3.05, 3.63) is 51.7 Å². The first-order valence-corrected chi connectivity index (χ1v) is 7.19. The number of anilines is 1. The van der Waals surface area contributed by atoms with E-state index in [1.54, 1.807) is 11.3 Å². The Morgan fingerprint density at radius 1 is 1.28 bits per heavy atom. The summed E-state index contributed by atoms with van der Waals surface area (Å²) >= 11 is 1.81. The van der Waals surface area contributed by atoms with Gasteiger partial charge in [0.25, 0.3) is 0 Å². The van der Waals surface area contributed by atoms with E-state index in [9.17, 15) is 0 Å². The van der Waals surface area contributed by atoms with Gasteiger partial charge in [0.1, 0.15) is 0 Å². The van der Waals surface area contributed by atoms with E-state index < -0.39 is 0 Å². The summed E-state index contributed by atoms with van der Waals surface area (Å²) in [6, 6.07) is 10.8. The van der Waals surface area contributed by atoms with Crippen LogP contribution in [0.4, 0.5) is 5.69 Å². The fraction of sp³-hybridized carbons (Fsp3) is 0.333. The Bertz CT molecular complexity index is 491. The van der Waals surface area contributed by atoms with Crippen molar-refractivity contribution in [1.29, 1.82) is 0 Å². The van der Waals surface area contributed by atoms with Gasteiger partial charge in [-0.05, 0) is 42.5 Å². The lowest BCUT2D eigenvalue weighted by Gasteiger charge is -2.25. The Morgan fingerprint density at radius 2 is 2.11 bits per heavy atom. The molecule has 3 heteroatoms. The van der Waals surface area contributed by atoms with Crippen LogP contribution >= 0.6 is 11.3 Å². The van der Waals surface area contributed by atoms with E-state index in [0.717, 1.165) is 13.1 Å². The van der Waals surface area contributed by atoms with Crippen molar-refractivity contribution in [2.24, 2.45) is 5.73 Å². The second kappa shape index (κ2) is 6.03. The topological polar surface area (TPSA) is 29.3 Å². The molecule has 0 spiro atoms. The van der Waals surface area contributed by atoms with Crippen LogP contribution in [-0.2, 0) is 13.1 Å². The molecule has 1 aromatic heterocycles. The predicted octanol–water partition coefficient (Wildman–Crippen LogP) is 3.54. The fourth-order valence-electron chi connectivity index (χ4n) is 2.10. The van der Waals surface area contributed by atoms with Gasteiger partial charge in [0.2, 0.25) is 0 Å². The Morgan fingerprint density at radius 3 is 2.72 bits per heavy atom. The van der Waals surface area contributed by atoms with Crippen LogP contribution < -0.4 is 10.6 Å². The Balaban J connectivity index is 2.28. The SMILES string of the molecule is CCN(Cc1cccs1)c1cc(C)ccc1CN. The van der Waals surface area contributed by atoms with Gasteiger partial charge in [0.05, 0.1) is 6.54 Å². The van der Waals surface area contributed by atoms with Crippen LogP contribution in [0.2, 0.25) is 0 Å². The number of nitrogens with zero attached hydrogens (tertiary/aromatic N) is 1. The average molecular weight is 260 g/mol. The molecule has 0 amide bonds. The van der Waals surface area contributed by atoms with Crippen LogP contribution in [0, 0.1) is 6.92 Å². The van der Waals surface area contributed by atoms with Gasteiger partial charge in [0, 0.05) is 23.7 Å². The van der Waals surface area contributed by atoms with Gasteiger partial charge < -0.3 is 10.6 Å². The third-order valence-electron chi connectivity index (χ3n) is 3.11. The van der Waals surface area contributed by atoms with Crippen molar-refractivity contribution in [3.63, 3.8) is 0 Å². The first-order valence-electron chi connectivity index (χ1n) is 6.31. The standard InChI is InChI=1S/C15H20N2S/c1-3-17(11-14-5-4-8-18-14)15-9-12(2)6-7-13(15)10-16/h4-9H,3,10-11,16H2,1-2H3. The molecule has 2 N–H and O–H groups in total. The molecule has 0 aliphatic heterocycles. The maximum absolute atomic E-state index is 5.84. The zero-order valence-electron chi connectivity index (χ0n) is 11.0. The van der Waals surface area contributed by atoms with Crippen molar-refractivity contribution in [2.45, 2.75) is 26.9 Å². The molecule has 1 heterocycles. The summed E-state index contributed by atoms with van der Waals surface area (Å²) in [5.41, 5.74) is 9.62. The van der Waals surface area contributed by atoms with Crippen molar-refractivity contribution in [2.75, 3.05) is 11.4 Å². The first-order chi connectivity index (χ1) is 8.74. The molecule has 0 saturated carbocycles. The summed E-state index contributed by atoms with van der Waals surface area (Å²) in [5.74, 6) is 0. The number of nitrogens with two attached hydrogens (primary N) is 1. The molecule has 18 heavy (non-hydrogen) atoms. The van der Waals surface area contributed by atoms with Crippen molar-refractivity contribution in [1.82, 2.24) is 0 Å². The Kier molecular flexibility index (Phi) is 4.39. The molecule has 0 atom stereocenters. The van der Waals surface area contributed by atoms with Crippen LogP contribution in [0.3, 0.4) is 0 Å². The van der Waals surface area contributed by atoms with Gasteiger partial charge in [-0.3, -0.25) is 0 Å². The van der Waals surface area contributed by atoms with E-state index in [1.807, 2.05) is 0 Å². The Labute approximate surface area is 113 Å². The highest BCUT2D eigenvalue weighted by molar-refractivity contribution is 7.09. The maximum Gasteiger partial charge on any atom is 0.0522 e. The zero-order chi connectivity index (χ0) is 13.0. The van der Waals surface area contributed by atoms with E-state index in [4.69, 9.17) is 5.73 Å². The third-order valence-corrected chi connectivity index (χ3v) is 3.97. The normalized spacial score (nSPS) is 10.6. The molecule has 0 radical (unpaired) electrons. The van der Waals surface area contributed by atoms with Crippen LogP contribution in [0.25, 0.3) is 0 Å². The van der Waals surface area contributed by atoms with Crippen LogP contribution in [0.15, 0.2) is 35.7 Å². The zero-order valence-corrected chi connectivity index (χ0v) is 11.8. The lowest BCUT2D eigenvalue weighted by molar-refractivity contribution is 0.830. The molecule has 0 saturated heterocycles. The fourth-order valence-corrected chi connectivity index (χ4v) is 2.82. The third kappa shape index (κ3) is 2.92. The van der Waals surface area contributed by atoms with E-state index >= 15 is 0 Å². The highest BCUT2D eigenvalue weighted by Gasteiger charge is 2.10. The van der Waals surface area contributed by atoms with Gasteiger partial charge in [-0.15, -0.1) is 11.3 Å². The predicted molar refractivity (Wildman–Crippen MR) is 80.1 cm³/mol. The van der Waals surface area contributed by atoms with E-state index in [1.165, 1.54) is 21.7 Å². The summed E-state index contributed by atoms with van der Waals surface area (Å²) in [6.07, 6.45) is 0. The molecular formula is C15H20N2S. The van der Waals surface area contributed by atoms with Crippen LogP contribution in [0.1, 0.15) is 22.9 Å². The van der Waals surface area contributed by atoms with Gasteiger partial charge in [0.15, 0.2) is 0 Å². The van der Waals surface area contributed by atoms with E-state index in [-0.39, 0.29) is 0 Å². The minimum absolute atomic E-state index is 0.594. The number of hydrogen-bond donors (Lipinski definition) is 1. The Hall–Kier alpha value is -1.32. The molecule has 0 aliphatic rings. The first kappa shape index (κ1) is 13.1. The average Bonchev–Trinajstić information content (AvgIpc) is 2.88. The molecule has 2 aromatic rings. The van der Waals surface area contributed by atoms with Gasteiger partial charge in [-0.25, -0.2) is 0 Å². The van der Waals surface area contributed by atoms with Crippen molar-refractivity contribution in [3.8, 4) is 0 Å².